The van der Waals surface area contributed by atoms with Crippen LogP contribution in [-0.4, -0.2) is 0 Å². The molecule has 1 aromatic heterocycles. The van der Waals surface area contributed by atoms with Gasteiger partial charge in [-0.3, -0.25) is 0 Å². The summed E-state index contributed by atoms with van der Waals surface area (Å²) in [5, 5.41) is 7.70. The van der Waals surface area contributed by atoms with E-state index in [1.54, 1.807) is 0 Å². The molecule has 10 rings (SSSR count). The molecule has 0 N–H and O–H groups in total. The molecule has 0 saturated carbocycles. The third kappa shape index (κ3) is 4.17. The summed E-state index contributed by atoms with van der Waals surface area (Å²) >= 11 is 0. The fourth-order valence-electron chi connectivity index (χ4n) is 8.75. The predicted molar refractivity (Wildman–Crippen MR) is 203 cm³/mol. The third-order valence-electron chi connectivity index (χ3n) is 10.8. The van der Waals surface area contributed by atoms with Gasteiger partial charge in [0, 0.05) is 22.3 Å². The fourth-order valence-corrected chi connectivity index (χ4v) is 8.75. The molecule has 49 heavy (non-hydrogen) atoms. The van der Waals surface area contributed by atoms with Gasteiger partial charge in [-0.1, -0.05) is 146 Å². The van der Waals surface area contributed by atoms with Crippen LogP contribution in [0.3, 0.4) is 0 Å². The molecule has 0 radical (unpaired) electrons. The van der Waals surface area contributed by atoms with Crippen LogP contribution >= 0.6 is 0 Å². The van der Waals surface area contributed by atoms with Crippen molar-refractivity contribution in [1.29, 1.82) is 0 Å². The van der Waals surface area contributed by atoms with E-state index < -0.39 is 0 Å². The van der Waals surface area contributed by atoms with Crippen molar-refractivity contribution in [3.63, 3.8) is 0 Å². The zero-order valence-electron chi connectivity index (χ0n) is 27.2. The molecule has 234 valence electrons. The standard InChI is InChI=1S/C47H33FO/c1-28-25-26-35-40(27-28)46(48)36-20-10-9-19-34(36)44(35)38-22-11-23-39-45-37(21-12-24-41(45)49-47(38)39)43-32-17-7-5-15-30(32)42(29-13-3-2-4-14-29)31-16-6-8-18-33(31)43/h2-21,23-26,28,38H,22,27H2,1H3. The average molecular weight is 633 g/mol. The van der Waals surface area contributed by atoms with E-state index in [-0.39, 0.29) is 11.7 Å². The van der Waals surface area contributed by atoms with Crippen LogP contribution in [0.1, 0.15) is 47.3 Å². The first-order valence-electron chi connectivity index (χ1n) is 17.3. The molecule has 1 heterocycles. The number of hydrogen-bond acceptors (Lipinski definition) is 1. The Morgan fingerprint density at radius 2 is 1.24 bits per heavy atom. The van der Waals surface area contributed by atoms with E-state index in [2.05, 4.69) is 134 Å². The third-order valence-corrected chi connectivity index (χ3v) is 10.8. The van der Waals surface area contributed by atoms with Crippen molar-refractivity contribution in [2.45, 2.75) is 25.7 Å². The molecule has 2 aliphatic rings. The van der Waals surface area contributed by atoms with Gasteiger partial charge in [-0.25, -0.2) is 4.39 Å². The van der Waals surface area contributed by atoms with Crippen molar-refractivity contribution in [1.82, 2.24) is 0 Å². The first-order chi connectivity index (χ1) is 24.2. The maximum Gasteiger partial charge on any atom is 0.135 e. The minimum Gasteiger partial charge on any atom is -0.460 e. The maximum atomic E-state index is 16.1. The van der Waals surface area contributed by atoms with E-state index in [0.29, 0.717) is 17.7 Å². The van der Waals surface area contributed by atoms with Crippen LogP contribution in [0.15, 0.2) is 138 Å². The number of benzene rings is 7. The van der Waals surface area contributed by atoms with Crippen LogP contribution < -0.4 is 0 Å². The number of fused-ring (bicyclic) bond motifs is 7. The van der Waals surface area contributed by atoms with Crippen LogP contribution in [0.5, 0.6) is 0 Å². The van der Waals surface area contributed by atoms with Crippen molar-refractivity contribution in [3.05, 3.63) is 167 Å². The lowest BCUT2D eigenvalue weighted by Crippen LogP contribution is -2.13. The number of allylic oxidation sites excluding steroid dienone is 2. The summed E-state index contributed by atoms with van der Waals surface area (Å²) in [5.41, 5.74) is 9.88. The molecule has 0 aliphatic heterocycles. The molecule has 0 fully saturated rings. The molecule has 2 aliphatic carbocycles. The molecule has 2 unspecified atom stereocenters. The monoisotopic (exact) mass is 632 g/mol. The fraction of sp³-hybridized carbons (Fsp3) is 0.106. The lowest BCUT2D eigenvalue weighted by Gasteiger charge is -2.27. The molecule has 1 nitrogen and oxygen atoms in total. The zero-order valence-corrected chi connectivity index (χ0v) is 27.2. The number of rotatable bonds is 3. The van der Waals surface area contributed by atoms with E-state index >= 15 is 4.39 Å². The van der Waals surface area contributed by atoms with Crippen LogP contribution in [0.2, 0.25) is 0 Å². The maximum absolute atomic E-state index is 16.1. The van der Waals surface area contributed by atoms with Gasteiger partial charge in [0.05, 0.1) is 0 Å². The highest BCUT2D eigenvalue weighted by Gasteiger charge is 2.32. The molecular formula is C47H33FO. The highest BCUT2D eigenvalue weighted by Crippen LogP contribution is 2.50. The van der Waals surface area contributed by atoms with Gasteiger partial charge in [0.25, 0.3) is 0 Å². The molecule has 7 aromatic carbocycles. The van der Waals surface area contributed by atoms with E-state index in [4.69, 9.17) is 4.42 Å². The van der Waals surface area contributed by atoms with Gasteiger partial charge in [0.1, 0.15) is 17.2 Å². The molecule has 0 spiro atoms. The van der Waals surface area contributed by atoms with Crippen molar-refractivity contribution < 1.29 is 8.81 Å². The second kappa shape index (κ2) is 10.9. The Morgan fingerprint density at radius 3 is 1.96 bits per heavy atom. The van der Waals surface area contributed by atoms with Crippen LogP contribution in [0, 0.1) is 11.7 Å². The lowest BCUT2D eigenvalue weighted by molar-refractivity contribution is 0.516. The lowest BCUT2D eigenvalue weighted by atomic mass is 9.77. The highest BCUT2D eigenvalue weighted by molar-refractivity contribution is 6.24. The molecule has 0 bridgehead atoms. The Balaban J connectivity index is 1.27. The summed E-state index contributed by atoms with van der Waals surface area (Å²) in [6.07, 6.45) is 10.4. The minimum atomic E-state index is -0.0817. The van der Waals surface area contributed by atoms with E-state index in [0.717, 1.165) is 45.2 Å². The number of hydrogen-bond donors (Lipinski definition) is 0. The normalized spacial score (nSPS) is 16.9. The van der Waals surface area contributed by atoms with Gasteiger partial charge in [0.2, 0.25) is 0 Å². The van der Waals surface area contributed by atoms with Gasteiger partial charge in [-0.2, -0.15) is 0 Å². The van der Waals surface area contributed by atoms with Gasteiger partial charge in [-0.15, -0.1) is 0 Å². The van der Waals surface area contributed by atoms with Crippen LogP contribution in [-0.2, 0) is 6.42 Å². The summed E-state index contributed by atoms with van der Waals surface area (Å²) in [4.78, 5) is 0. The van der Waals surface area contributed by atoms with Crippen molar-refractivity contribution in [2.75, 3.05) is 0 Å². The van der Waals surface area contributed by atoms with Crippen molar-refractivity contribution in [3.8, 4) is 22.3 Å². The first-order valence-corrected chi connectivity index (χ1v) is 17.3. The van der Waals surface area contributed by atoms with E-state index in [1.807, 2.05) is 18.2 Å². The summed E-state index contributed by atoms with van der Waals surface area (Å²) < 4.78 is 23.1. The second-order valence-electron chi connectivity index (χ2n) is 13.7. The average Bonchev–Trinajstić information content (AvgIpc) is 3.54. The molecule has 0 saturated heterocycles. The Morgan fingerprint density at radius 1 is 0.612 bits per heavy atom. The first kappa shape index (κ1) is 28.3. The van der Waals surface area contributed by atoms with Gasteiger partial charge in [-0.05, 0) is 90.7 Å². The van der Waals surface area contributed by atoms with E-state index in [1.165, 1.54) is 49.4 Å². The van der Waals surface area contributed by atoms with E-state index in [9.17, 15) is 0 Å². The molecule has 8 aromatic rings. The van der Waals surface area contributed by atoms with Gasteiger partial charge in [0.15, 0.2) is 0 Å². The van der Waals surface area contributed by atoms with Crippen LogP contribution in [0.4, 0.5) is 4.39 Å². The smallest absolute Gasteiger partial charge is 0.135 e. The van der Waals surface area contributed by atoms with Crippen LogP contribution in [0.25, 0.3) is 77.7 Å². The topological polar surface area (TPSA) is 13.1 Å². The SMILES string of the molecule is CC1C=Cc2c(c(F)c3ccccc3c2C2CC=Cc3c2oc2cccc(-c4c5ccccc5c(-c5ccccc5)c5ccccc45)c32)C1. The number of furan rings is 1. The minimum absolute atomic E-state index is 0.0356. The summed E-state index contributed by atoms with van der Waals surface area (Å²) in [6, 6.07) is 42.8. The zero-order chi connectivity index (χ0) is 32.6. The Kier molecular flexibility index (Phi) is 6.29. The molecule has 2 atom stereocenters. The predicted octanol–water partition coefficient (Wildman–Crippen LogP) is 13.1. The van der Waals surface area contributed by atoms with Crippen molar-refractivity contribution in [2.24, 2.45) is 5.92 Å². The summed E-state index contributed by atoms with van der Waals surface area (Å²) in [5.74, 6) is 1.14. The van der Waals surface area contributed by atoms with Gasteiger partial charge < -0.3 is 4.42 Å². The number of halogens is 1. The van der Waals surface area contributed by atoms with Crippen molar-refractivity contribution >= 4 is 55.4 Å². The largest absolute Gasteiger partial charge is 0.460 e. The Bertz CT molecular complexity index is 2630. The molecule has 2 heteroatoms. The Labute approximate surface area is 284 Å². The van der Waals surface area contributed by atoms with Gasteiger partial charge >= 0.3 is 0 Å². The molecular weight excluding hydrogens is 600 g/mol. The Hall–Kier alpha value is -5.73. The highest BCUT2D eigenvalue weighted by atomic mass is 19.1. The quantitative estimate of drug-likeness (QED) is 0.177. The summed E-state index contributed by atoms with van der Waals surface area (Å²) in [6.45, 7) is 2.16. The summed E-state index contributed by atoms with van der Waals surface area (Å²) in [7, 11) is 0. The second-order valence-corrected chi connectivity index (χ2v) is 13.7. The molecule has 0 amide bonds.